The van der Waals surface area contributed by atoms with Crippen molar-refractivity contribution in [1.82, 2.24) is 15.3 Å². The number of carbonyl (C=O) groups excluding carboxylic acids is 1. The maximum Gasteiger partial charge on any atom is 0.246 e. The third kappa shape index (κ3) is 5.48. The third-order valence-corrected chi connectivity index (χ3v) is 6.03. The molecule has 0 spiro atoms. The van der Waals surface area contributed by atoms with Crippen LogP contribution in [0.5, 0.6) is 11.5 Å². The van der Waals surface area contributed by atoms with Crippen LogP contribution in [-0.4, -0.2) is 48.8 Å². The number of fused-ring (bicyclic) bond motifs is 1. The van der Waals surface area contributed by atoms with Crippen molar-refractivity contribution in [3.05, 3.63) is 47.5 Å². The molecule has 0 saturated heterocycles. The molecule has 0 unspecified atom stereocenters. The molecule has 1 saturated carbocycles. The number of hydrogen-bond donors (Lipinski definition) is 2. The number of nitrogens with zero attached hydrogens (tertiary/aromatic N) is 2. The van der Waals surface area contributed by atoms with Gasteiger partial charge in [0.05, 0.1) is 29.4 Å². The number of amides is 1. The molecular weight excluding hydrogens is 463 g/mol. The number of aromatic nitrogens is 2. The number of methoxy groups -OCH3 is 2. The van der Waals surface area contributed by atoms with Crippen molar-refractivity contribution in [1.29, 1.82) is 0 Å². The minimum absolute atomic E-state index is 0.0167. The second-order valence-electron chi connectivity index (χ2n) is 8.06. The molecule has 1 fully saturated rings. The van der Waals surface area contributed by atoms with Crippen LogP contribution in [0.3, 0.4) is 0 Å². The van der Waals surface area contributed by atoms with Crippen LogP contribution >= 0.6 is 11.6 Å². The lowest BCUT2D eigenvalue weighted by Gasteiger charge is -2.30. The van der Waals surface area contributed by atoms with Crippen LogP contribution < -0.4 is 20.1 Å². The average molecular weight is 489 g/mol. The Morgan fingerprint density at radius 2 is 1.94 bits per heavy atom. The van der Waals surface area contributed by atoms with Crippen molar-refractivity contribution in [3.8, 4) is 11.5 Å². The first-order chi connectivity index (χ1) is 16.5. The van der Waals surface area contributed by atoms with E-state index in [0.717, 1.165) is 25.7 Å². The highest BCUT2D eigenvalue weighted by atomic mass is 35.5. The van der Waals surface area contributed by atoms with E-state index in [1.807, 2.05) is 0 Å². The zero-order chi connectivity index (χ0) is 24.1. The van der Waals surface area contributed by atoms with Crippen LogP contribution in [0, 0.1) is 5.82 Å². The van der Waals surface area contributed by atoms with Crippen molar-refractivity contribution in [2.24, 2.45) is 0 Å². The summed E-state index contributed by atoms with van der Waals surface area (Å²) in [5.74, 6) is 0.839. The van der Waals surface area contributed by atoms with E-state index in [4.69, 9.17) is 25.8 Å². The number of nitrogens with one attached hydrogen (secondary N) is 2. The normalized spacial score (nSPS) is 17.9. The maximum atomic E-state index is 14.4. The summed E-state index contributed by atoms with van der Waals surface area (Å²) < 4.78 is 31.1. The molecule has 180 valence electrons. The van der Waals surface area contributed by atoms with Crippen LogP contribution in [0.25, 0.3) is 10.9 Å². The van der Waals surface area contributed by atoms with Crippen LogP contribution in [0.2, 0.25) is 5.02 Å². The predicted octanol–water partition coefficient (Wildman–Crippen LogP) is 4.63. The van der Waals surface area contributed by atoms with E-state index < -0.39 is 5.82 Å². The largest absolute Gasteiger partial charge is 0.493 e. The quantitative estimate of drug-likeness (QED) is 0.477. The molecule has 34 heavy (non-hydrogen) atoms. The molecule has 3 aromatic rings. The van der Waals surface area contributed by atoms with Crippen molar-refractivity contribution in [2.45, 2.75) is 37.8 Å². The Kier molecular flexibility index (Phi) is 7.64. The maximum absolute atomic E-state index is 14.4. The zero-order valence-corrected chi connectivity index (χ0v) is 19.7. The smallest absolute Gasteiger partial charge is 0.246 e. The van der Waals surface area contributed by atoms with E-state index in [0.29, 0.717) is 28.2 Å². The molecule has 10 heteroatoms. The number of benzene rings is 2. The number of carbonyl (C=O) groups is 1. The summed E-state index contributed by atoms with van der Waals surface area (Å²) in [4.78, 5) is 20.4. The number of anilines is 2. The molecule has 1 heterocycles. The molecule has 1 aliphatic rings. The van der Waals surface area contributed by atoms with E-state index in [2.05, 4.69) is 20.6 Å². The Balaban J connectivity index is 1.53. The highest BCUT2D eigenvalue weighted by Gasteiger charge is 2.25. The van der Waals surface area contributed by atoms with E-state index in [9.17, 15) is 9.18 Å². The number of rotatable bonds is 8. The van der Waals surface area contributed by atoms with Gasteiger partial charge >= 0.3 is 0 Å². The van der Waals surface area contributed by atoms with Crippen molar-refractivity contribution < 1.29 is 23.4 Å². The Morgan fingerprint density at radius 1 is 1.15 bits per heavy atom. The molecule has 1 amide bonds. The monoisotopic (exact) mass is 488 g/mol. The Bertz CT molecular complexity index is 1170. The van der Waals surface area contributed by atoms with Gasteiger partial charge in [-0.05, 0) is 43.9 Å². The van der Waals surface area contributed by atoms with Crippen LogP contribution in [-0.2, 0) is 9.53 Å². The fourth-order valence-electron chi connectivity index (χ4n) is 4.05. The molecule has 2 aromatic carbocycles. The van der Waals surface area contributed by atoms with Crippen molar-refractivity contribution in [2.75, 3.05) is 26.1 Å². The fraction of sp³-hybridized carbons (Fsp3) is 0.375. The van der Waals surface area contributed by atoms with Gasteiger partial charge in [0.1, 0.15) is 18.8 Å². The van der Waals surface area contributed by atoms with Gasteiger partial charge in [0.2, 0.25) is 5.91 Å². The van der Waals surface area contributed by atoms with Gasteiger partial charge in [-0.1, -0.05) is 17.7 Å². The Morgan fingerprint density at radius 3 is 2.68 bits per heavy atom. The number of hydrogen-bond acceptors (Lipinski definition) is 7. The van der Waals surface area contributed by atoms with E-state index in [-0.39, 0.29) is 35.4 Å². The van der Waals surface area contributed by atoms with Gasteiger partial charge < -0.3 is 24.8 Å². The summed E-state index contributed by atoms with van der Waals surface area (Å²) in [6, 6.07) is 8.39. The minimum atomic E-state index is -0.560. The van der Waals surface area contributed by atoms with Crippen LogP contribution in [0.4, 0.5) is 15.9 Å². The first-order valence-electron chi connectivity index (χ1n) is 11.0. The topological polar surface area (TPSA) is 94.6 Å². The van der Waals surface area contributed by atoms with Crippen LogP contribution in [0.15, 0.2) is 36.7 Å². The summed E-state index contributed by atoms with van der Waals surface area (Å²) in [6.07, 6.45) is 4.53. The lowest BCUT2D eigenvalue weighted by atomic mass is 9.93. The summed E-state index contributed by atoms with van der Waals surface area (Å²) in [7, 11) is 3.07. The highest BCUT2D eigenvalue weighted by molar-refractivity contribution is 6.31. The second-order valence-corrected chi connectivity index (χ2v) is 8.47. The molecule has 8 nitrogen and oxygen atoms in total. The Hall–Kier alpha value is -3.17. The molecule has 4 rings (SSSR count). The fourth-order valence-corrected chi connectivity index (χ4v) is 4.22. The predicted molar refractivity (Wildman–Crippen MR) is 127 cm³/mol. The molecule has 0 atom stereocenters. The second kappa shape index (κ2) is 10.8. The number of halogens is 2. The Labute approximate surface area is 201 Å². The van der Waals surface area contributed by atoms with Crippen molar-refractivity contribution >= 4 is 39.9 Å². The molecule has 0 aliphatic heterocycles. The first-order valence-corrected chi connectivity index (χ1v) is 11.3. The molecule has 0 radical (unpaired) electrons. The first kappa shape index (κ1) is 24.0. The zero-order valence-electron chi connectivity index (χ0n) is 18.9. The van der Waals surface area contributed by atoms with Gasteiger partial charge in [0.15, 0.2) is 17.3 Å². The molecule has 1 aromatic heterocycles. The van der Waals surface area contributed by atoms with Gasteiger partial charge in [-0.25, -0.2) is 14.4 Å². The van der Waals surface area contributed by atoms with Gasteiger partial charge in [0.25, 0.3) is 0 Å². The van der Waals surface area contributed by atoms with Crippen LogP contribution in [0.1, 0.15) is 25.7 Å². The summed E-state index contributed by atoms with van der Waals surface area (Å²) in [5.41, 5.74) is 0.827. The standard InChI is InChI=1S/C24H26ClFN4O4/c1-32-12-22(31)29-14-6-8-15(9-7-14)34-21-10-16-19(11-20(21)33-2)27-13-28-24(16)30-18-5-3-4-17(25)23(18)26/h3-5,10-11,13-15H,6-9,12H2,1-2H3,(H,29,31)(H,27,28,30). The molecule has 0 bridgehead atoms. The molecule has 1 aliphatic carbocycles. The SMILES string of the molecule is COCC(=O)NC1CCC(Oc2cc3c(Nc4cccc(Cl)c4F)ncnc3cc2OC)CC1. The van der Waals surface area contributed by atoms with Gasteiger partial charge in [-0.15, -0.1) is 0 Å². The minimum Gasteiger partial charge on any atom is -0.493 e. The lowest BCUT2D eigenvalue weighted by molar-refractivity contribution is -0.125. The highest BCUT2D eigenvalue weighted by Crippen LogP contribution is 2.37. The van der Waals surface area contributed by atoms with Gasteiger partial charge in [0, 0.05) is 24.6 Å². The molecule has 2 N–H and O–H groups in total. The number of ether oxygens (including phenoxy) is 3. The average Bonchev–Trinajstić information content (AvgIpc) is 2.83. The van der Waals surface area contributed by atoms with Gasteiger partial charge in [-0.2, -0.15) is 0 Å². The summed E-state index contributed by atoms with van der Waals surface area (Å²) >= 11 is 5.91. The van der Waals surface area contributed by atoms with E-state index in [1.54, 1.807) is 31.4 Å². The molecular formula is C24H26ClFN4O4. The van der Waals surface area contributed by atoms with E-state index >= 15 is 0 Å². The summed E-state index contributed by atoms with van der Waals surface area (Å²) in [5, 5.41) is 6.65. The van der Waals surface area contributed by atoms with Crippen molar-refractivity contribution in [3.63, 3.8) is 0 Å². The van der Waals surface area contributed by atoms with E-state index in [1.165, 1.54) is 19.5 Å². The van der Waals surface area contributed by atoms with Gasteiger partial charge in [-0.3, -0.25) is 4.79 Å². The lowest BCUT2D eigenvalue weighted by Crippen LogP contribution is -2.41. The summed E-state index contributed by atoms with van der Waals surface area (Å²) in [6.45, 7) is 0.0578. The third-order valence-electron chi connectivity index (χ3n) is 5.73.